The van der Waals surface area contributed by atoms with Crippen molar-refractivity contribution >= 4 is 0 Å². The summed E-state index contributed by atoms with van der Waals surface area (Å²) in [5.74, 6) is 0. The fourth-order valence-corrected chi connectivity index (χ4v) is 1.90. The summed E-state index contributed by atoms with van der Waals surface area (Å²) in [6, 6.07) is 2.68. The summed E-state index contributed by atoms with van der Waals surface area (Å²) in [7, 11) is 0. The second-order valence-corrected chi connectivity index (χ2v) is 3.75. The zero-order chi connectivity index (χ0) is 11.3. The molecule has 0 saturated carbocycles. The summed E-state index contributed by atoms with van der Waals surface area (Å²) in [5, 5.41) is 8.07. The van der Waals surface area contributed by atoms with E-state index in [-0.39, 0.29) is 0 Å². The molecular formula is C12H23N3. The van der Waals surface area contributed by atoms with Crippen LogP contribution in [0, 0.1) is 0 Å². The predicted octanol–water partition coefficient (Wildman–Crippen LogP) is 2.53. The SMILES string of the molecule is CCNC(CC)c1cc(CC)nn1CC. The molecule has 1 unspecified atom stereocenters. The highest BCUT2D eigenvalue weighted by Crippen LogP contribution is 2.18. The van der Waals surface area contributed by atoms with E-state index in [1.165, 1.54) is 11.4 Å². The number of rotatable bonds is 6. The van der Waals surface area contributed by atoms with Gasteiger partial charge in [0.25, 0.3) is 0 Å². The van der Waals surface area contributed by atoms with Crippen molar-refractivity contribution in [2.45, 2.75) is 53.1 Å². The van der Waals surface area contributed by atoms with Crippen LogP contribution in [-0.4, -0.2) is 16.3 Å². The Balaban J connectivity index is 2.93. The molecule has 15 heavy (non-hydrogen) atoms. The standard InChI is InChI=1S/C12H23N3/c1-5-10-9-12(15(8-4)14-10)11(6-2)13-7-3/h9,11,13H,5-8H2,1-4H3. The third kappa shape index (κ3) is 2.81. The lowest BCUT2D eigenvalue weighted by Crippen LogP contribution is -2.23. The maximum Gasteiger partial charge on any atom is 0.0625 e. The van der Waals surface area contributed by atoms with Crippen molar-refractivity contribution in [1.82, 2.24) is 15.1 Å². The minimum atomic E-state index is 0.447. The van der Waals surface area contributed by atoms with Crippen LogP contribution in [0.5, 0.6) is 0 Å². The van der Waals surface area contributed by atoms with Crippen LogP contribution in [0.2, 0.25) is 0 Å². The van der Waals surface area contributed by atoms with E-state index in [0.29, 0.717) is 6.04 Å². The first-order chi connectivity index (χ1) is 7.26. The van der Waals surface area contributed by atoms with Gasteiger partial charge in [0.2, 0.25) is 0 Å². The molecule has 1 aromatic heterocycles. The van der Waals surface area contributed by atoms with Crippen molar-refractivity contribution in [2.75, 3.05) is 6.54 Å². The molecule has 0 saturated heterocycles. The van der Waals surface area contributed by atoms with Crippen molar-refractivity contribution in [3.8, 4) is 0 Å². The molecule has 1 rings (SSSR count). The number of aryl methyl sites for hydroxylation is 2. The molecule has 86 valence electrons. The normalized spacial score (nSPS) is 13.1. The summed E-state index contributed by atoms with van der Waals surface area (Å²) < 4.78 is 2.12. The molecule has 0 spiro atoms. The van der Waals surface area contributed by atoms with Crippen molar-refractivity contribution < 1.29 is 0 Å². The molecule has 1 atom stereocenters. The van der Waals surface area contributed by atoms with E-state index in [9.17, 15) is 0 Å². The van der Waals surface area contributed by atoms with Gasteiger partial charge in [0, 0.05) is 12.6 Å². The lowest BCUT2D eigenvalue weighted by atomic mass is 10.1. The van der Waals surface area contributed by atoms with Crippen molar-refractivity contribution in [1.29, 1.82) is 0 Å². The number of nitrogens with zero attached hydrogens (tertiary/aromatic N) is 2. The number of hydrogen-bond acceptors (Lipinski definition) is 2. The number of hydrogen-bond donors (Lipinski definition) is 1. The topological polar surface area (TPSA) is 29.9 Å². The van der Waals surface area contributed by atoms with Gasteiger partial charge in [-0.3, -0.25) is 4.68 Å². The first kappa shape index (κ1) is 12.2. The van der Waals surface area contributed by atoms with E-state index in [2.05, 4.69) is 48.9 Å². The van der Waals surface area contributed by atoms with Crippen LogP contribution in [0.25, 0.3) is 0 Å². The maximum atomic E-state index is 4.57. The van der Waals surface area contributed by atoms with Crippen molar-refractivity contribution in [3.05, 3.63) is 17.5 Å². The predicted molar refractivity (Wildman–Crippen MR) is 64.0 cm³/mol. The zero-order valence-electron chi connectivity index (χ0n) is 10.4. The van der Waals surface area contributed by atoms with Gasteiger partial charge in [-0.15, -0.1) is 0 Å². The first-order valence-electron chi connectivity index (χ1n) is 6.06. The Morgan fingerprint density at radius 3 is 2.53 bits per heavy atom. The average Bonchev–Trinajstić information content (AvgIpc) is 2.68. The van der Waals surface area contributed by atoms with Crippen LogP contribution in [0.3, 0.4) is 0 Å². The van der Waals surface area contributed by atoms with Crippen LogP contribution < -0.4 is 5.32 Å². The lowest BCUT2D eigenvalue weighted by molar-refractivity contribution is 0.481. The van der Waals surface area contributed by atoms with E-state index < -0.39 is 0 Å². The van der Waals surface area contributed by atoms with Crippen LogP contribution >= 0.6 is 0 Å². The van der Waals surface area contributed by atoms with E-state index in [4.69, 9.17) is 0 Å². The fraction of sp³-hybridized carbons (Fsp3) is 0.750. The Morgan fingerprint density at radius 1 is 1.33 bits per heavy atom. The van der Waals surface area contributed by atoms with Crippen LogP contribution in [0.4, 0.5) is 0 Å². The molecule has 0 bridgehead atoms. The maximum absolute atomic E-state index is 4.57. The highest BCUT2D eigenvalue weighted by Gasteiger charge is 2.14. The van der Waals surface area contributed by atoms with E-state index in [1.54, 1.807) is 0 Å². The highest BCUT2D eigenvalue weighted by atomic mass is 15.3. The minimum absolute atomic E-state index is 0.447. The molecule has 0 aliphatic carbocycles. The Bertz CT molecular complexity index is 291. The molecule has 0 aliphatic rings. The van der Waals surface area contributed by atoms with E-state index in [1.807, 2.05) is 0 Å². The first-order valence-corrected chi connectivity index (χ1v) is 6.06. The van der Waals surface area contributed by atoms with Crippen LogP contribution in [0.15, 0.2) is 6.07 Å². The summed E-state index contributed by atoms with van der Waals surface area (Å²) in [6.45, 7) is 10.6. The minimum Gasteiger partial charge on any atom is -0.309 e. The quantitative estimate of drug-likeness (QED) is 0.780. The van der Waals surface area contributed by atoms with Gasteiger partial charge in [0.15, 0.2) is 0 Å². The average molecular weight is 209 g/mol. The third-order valence-corrected chi connectivity index (χ3v) is 2.74. The fourth-order valence-electron chi connectivity index (χ4n) is 1.90. The molecule has 1 N–H and O–H groups in total. The molecule has 1 heterocycles. The third-order valence-electron chi connectivity index (χ3n) is 2.74. The molecule has 0 radical (unpaired) electrons. The monoisotopic (exact) mass is 209 g/mol. The van der Waals surface area contributed by atoms with Crippen LogP contribution in [-0.2, 0) is 13.0 Å². The second kappa shape index (κ2) is 5.91. The highest BCUT2D eigenvalue weighted by molar-refractivity contribution is 5.14. The number of aromatic nitrogens is 2. The van der Waals surface area contributed by atoms with Gasteiger partial charge in [-0.25, -0.2) is 0 Å². The molecular weight excluding hydrogens is 186 g/mol. The van der Waals surface area contributed by atoms with Gasteiger partial charge < -0.3 is 5.32 Å². The Hall–Kier alpha value is -0.830. The molecule has 0 amide bonds. The lowest BCUT2D eigenvalue weighted by Gasteiger charge is -2.16. The smallest absolute Gasteiger partial charge is 0.0625 e. The molecule has 3 nitrogen and oxygen atoms in total. The summed E-state index contributed by atoms with van der Waals surface area (Å²) in [4.78, 5) is 0. The molecule has 3 heteroatoms. The molecule has 0 fully saturated rings. The number of nitrogens with one attached hydrogen (secondary N) is 1. The Morgan fingerprint density at radius 2 is 2.07 bits per heavy atom. The summed E-state index contributed by atoms with van der Waals surface area (Å²) in [5.41, 5.74) is 2.53. The molecule has 1 aromatic rings. The largest absolute Gasteiger partial charge is 0.309 e. The van der Waals surface area contributed by atoms with Gasteiger partial charge in [-0.1, -0.05) is 20.8 Å². The van der Waals surface area contributed by atoms with Gasteiger partial charge >= 0.3 is 0 Å². The summed E-state index contributed by atoms with van der Waals surface area (Å²) in [6.07, 6.45) is 2.13. The van der Waals surface area contributed by atoms with Gasteiger partial charge in [0.05, 0.1) is 11.4 Å². The molecule has 0 aromatic carbocycles. The molecule has 0 aliphatic heterocycles. The van der Waals surface area contributed by atoms with Crippen molar-refractivity contribution in [2.24, 2.45) is 0 Å². The second-order valence-electron chi connectivity index (χ2n) is 3.75. The van der Waals surface area contributed by atoms with Crippen LogP contribution in [0.1, 0.15) is 51.5 Å². The van der Waals surface area contributed by atoms with E-state index in [0.717, 1.165) is 25.9 Å². The summed E-state index contributed by atoms with van der Waals surface area (Å²) >= 11 is 0. The Labute approximate surface area is 92.9 Å². The Kier molecular flexibility index (Phi) is 4.82. The van der Waals surface area contributed by atoms with Gasteiger partial charge in [-0.05, 0) is 32.4 Å². The van der Waals surface area contributed by atoms with Gasteiger partial charge in [-0.2, -0.15) is 5.10 Å². The van der Waals surface area contributed by atoms with E-state index >= 15 is 0 Å². The zero-order valence-corrected chi connectivity index (χ0v) is 10.4. The van der Waals surface area contributed by atoms with Crippen molar-refractivity contribution in [3.63, 3.8) is 0 Å². The van der Waals surface area contributed by atoms with Gasteiger partial charge in [0.1, 0.15) is 0 Å².